The van der Waals surface area contributed by atoms with Gasteiger partial charge in [-0.2, -0.15) is 0 Å². The molecular formula is C18H26ClN3O3S. The van der Waals surface area contributed by atoms with Crippen molar-refractivity contribution in [2.75, 3.05) is 49.6 Å². The van der Waals surface area contributed by atoms with E-state index in [9.17, 15) is 13.2 Å². The lowest BCUT2D eigenvalue weighted by Gasteiger charge is -2.40. The maximum atomic E-state index is 12.8. The molecule has 144 valence electrons. The highest BCUT2D eigenvalue weighted by Crippen LogP contribution is 2.26. The van der Waals surface area contributed by atoms with Crippen molar-refractivity contribution in [1.29, 1.82) is 0 Å². The molecule has 3 rings (SSSR count). The molecule has 0 aromatic heterocycles. The average molecular weight is 400 g/mol. The fourth-order valence-electron chi connectivity index (χ4n) is 3.77. The first kappa shape index (κ1) is 19.5. The third-order valence-corrected chi connectivity index (χ3v) is 7.59. The van der Waals surface area contributed by atoms with Crippen molar-refractivity contribution in [2.45, 2.75) is 25.4 Å². The lowest BCUT2D eigenvalue weighted by molar-refractivity contribution is -0.136. The summed E-state index contributed by atoms with van der Waals surface area (Å²) in [4.78, 5) is 18.8. The van der Waals surface area contributed by atoms with E-state index in [1.807, 2.05) is 31.2 Å². The van der Waals surface area contributed by atoms with Crippen molar-refractivity contribution in [1.82, 2.24) is 9.80 Å². The molecule has 2 aliphatic rings. The van der Waals surface area contributed by atoms with Crippen LogP contribution in [-0.4, -0.2) is 80.9 Å². The Kier molecular flexibility index (Phi) is 5.79. The Labute approximate surface area is 160 Å². The highest BCUT2D eigenvalue weighted by atomic mass is 35.5. The Morgan fingerprint density at radius 2 is 1.88 bits per heavy atom. The van der Waals surface area contributed by atoms with E-state index in [-0.39, 0.29) is 29.5 Å². The van der Waals surface area contributed by atoms with Crippen LogP contribution in [0.15, 0.2) is 24.3 Å². The number of hydrogen-bond donors (Lipinski definition) is 0. The highest BCUT2D eigenvalue weighted by Gasteiger charge is 2.36. The van der Waals surface area contributed by atoms with Crippen LogP contribution in [0.1, 0.15) is 13.3 Å². The second-order valence-electron chi connectivity index (χ2n) is 7.16. The largest absolute Gasteiger partial charge is 0.368 e. The van der Waals surface area contributed by atoms with Gasteiger partial charge in [-0.05, 0) is 25.5 Å². The first-order valence-electron chi connectivity index (χ1n) is 8.99. The summed E-state index contributed by atoms with van der Waals surface area (Å²) in [6.07, 6.45) is 0.539. The van der Waals surface area contributed by atoms with Gasteiger partial charge in [0.15, 0.2) is 9.84 Å². The number of para-hydroxylation sites is 1. The number of amides is 1. The molecule has 0 saturated carbocycles. The maximum Gasteiger partial charge on any atom is 0.239 e. The van der Waals surface area contributed by atoms with Gasteiger partial charge in [-0.15, -0.1) is 0 Å². The van der Waals surface area contributed by atoms with Crippen LogP contribution in [0.2, 0.25) is 5.02 Å². The quantitative estimate of drug-likeness (QED) is 0.767. The van der Waals surface area contributed by atoms with Crippen LogP contribution in [0.25, 0.3) is 0 Å². The summed E-state index contributed by atoms with van der Waals surface area (Å²) in [7, 11) is -1.27. The summed E-state index contributed by atoms with van der Waals surface area (Å²) in [5.41, 5.74) is 1.03. The van der Waals surface area contributed by atoms with Gasteiger partial charge in [-0.1, -0.05) is 23.7 Å². The van der Waals surface area contributed by atoms with E-state index in [0.29, 0.717) is 6.42 Å². The Morgan fingerprint density at radius 3 is 2.46 bits per heavy atom. The van der Waals surface area contributed by atoms with E-state index in [1.54, 1.807) is 11.9 Å². The summed E-state index contributed by atoms with van der Waals surface area (Å²) < 4.78 is 23.3. The molecule has 1 amide bonds. The van der Waals surface area contributed by atoms with Gasteiger partial charge in [-0.3, -0.25) is 9.69 Å². The fraction of sp³-hybridized carbons (Fsp3) is 0.611. The molecule has 0 spiro atoms. The molecule has 1 aromatic rings. The fourth-order valence-corrected chi connectivity index (χ4v) is 5.80. The minimum Gasteiger partial charge on any atom is -0.368 e. The van der Waals surface area contributed by atoms with Gasteiger partial charge in [0.1, 0.15) is 0 Å². The van der Waals surface area contributed by atoms with Gasteiger partial charge in [0.25, 0.3) is 0 Å². The zero-order valence-corrected chi connectivity index (χ0v) is 16.8. The predicted octanol–water partition coefficient (Wildman–Crippen LogP) is 1.50. The minimum atomic E-state index is -2.99. The predicted molar refractivity (Wildman–Crippen MR) is 105 cm³/mol. The first-order chi connectivity index (χ1) is 12.3. The van der Waals surface area contributed by atoms with Crippen LogP contribution in [0.3, 0.4) is 0 Å². The van der Waals surface area contributed by atoms with Gasteiger partial charge < -0.3 is 9.80 Å². The van der Waals surface area contributed by atoms with Crippen LogP contribution in [0, 0.1) is 0 Å². The maximum absolute atomic E-state index is 12.8. The van der Waals surface area contributed by atoms with Crippen molar-refractivity contribution in [3.8, 4) is 0 Å². The lowest BCUT2D eigenvalue weighted by atomic mass is 10.1. The van der Waals surface area contributed by atoms with Gasteiger partial charge in [0.05, 0.1) is 28.3 Å². The second-order valence-corrected chi connectivity index (χ2v) is 9.79. The number of benzene rings is 1. The standard InChI is InChI=1S/C18H26ClN3O3S/c1-14(18(23)20(2)15-7-12-26(24,25)13-15)21-8-10-22(11-9-21)17-6-4-3-5-16(17)19/h3-6,14-15H,7-13H2,1-2H3/t14-,15-/m0/s1. The number of carbonyl (C=O) groups excluding carboxylic acids is 1. The molecule has 0 radical (unpaired) electrons. The topological polar surface area (TPSA) is 60.9 Å². The molecule has 0 aliphatic carbocycles. The zero-order chi connectivity index (χ0) is 18.9. The van der Waals surface area contributed by atoms with E-state index < -0.39 is 9.84 Å². The average Bonchev–Trinajstić information content (AvgIpc) is 3.00. The number of likely N-dealkylation sites (N-methyl/N-ethyl adjacent to an activating group) is 1. The molecule has 2 atom stereocenters. The number of anilines is 1. The zero-order valence-electron chi connectivity index (χ0n) is 15.3. The molecule has 2 fully saturated rings. The summed E-state index contributed by atoms with van der Waals surface area (Å²) >= 11 is 6.28. The molecule has 2 saturated heterocycles. The van der Waals surface area contributed by atoms with Gasteiger partial charge in [-0.25, -0.2) is 8.42 Å². The number of rotatable bonds is 4. The van der Waals surface area contributed by atoms with E-state index in [0.717, 1.165) is 36.9 Å². The number of halogens is 1. The second kappa shape index (κ2) is 7.74. The lowest BCUT2D eigenvalue weighted by Crippen LogP contribution is -2.55. The molecule has 0 unspecified atom stereocenters. The van der Waals surface area contributed by atoms with Gasteiger partial charge >= 0.3 is 0 Å². The Morgan fingerprint density at radius 1 is 1.23 bits per heavy atom. The number of hydrogen-bond acceptors (Lipinski definition) is 5. The van der Waals surface area contributed by atoms with E-state index >= 15 is 0 Å². The van der Waals surface area contributed by atoms with E-state index in [1.165, 1.54) is 0 Å². The summed E-state index contributed by atoms with van der Waals surface area (Å²) in [6.45, 7) is 5.07. The number of carbonyl (C=O) groups is 1. The van der Waals surface area contributed by atoms with Crippen LogP contribution >= 0.6 is 11.6 Å². The Bertz CT molecular complexity index is 763. The van der Waals surface area contributed by atoms with Gasteiger partial charge in [0, 0.05) is 39.3 Å². The molecule has 26 heavy (non-hydrogen) atoms. The summed E-state index contributed by atoms with van der Waals surface area (Å²) in [5.74, 6) is 0.265. The van der Waals surface area contributed by atoms with Crippen molar-refractivity contribution in [3.05, 3.63) is 29.3 Å². The third kappa shape index (κ3) is 4.15. The molecule has 1 aromatic carbocycles. The van der Waals surface area contributed by atoms with E-state index in [4.69, 9.17) is 11.6 Å². The monoisotopic (exact) mass is 399 g/mol. The molecule has 6 nitrogen and oxygen atoms in total. The first-order valence-corrected chi connectivity index (χ1v) is 11.2. The third-order valence-electron chi connectivity index (χ3n) is 5.52. The SMILES string of the molecule is C[C@@H](C(=O)N(C)[C@H]1CCS(=O)(=O)C1)N1CCN(c2ccccc2Cl)CC1. The smallest absolute Gasteiger partial charge is 0.239 e. The van der Waals surface area contributed by atoms with Crippen LogP contribution in [0.4, 0.5) is 5.69 Å². The molecule has 2 aliphatic heterocycles. The van der Waals surface area contributed by atoms with Crippen LogP contribution in [-0.2, 0) is 14.6 Å². The number of piperazine rings is 1. The Hall–Kier alpha value is -1.31. The van der Waals surface area contributed by atoms with Crippen molar-refractivity contribution in [2.24, 2.45) is 0 Å². The Balaban J connectivity index is 1.57. The summed E-state index contributed by atoms with van der Waals surface area (Å²) in [6, 6.07) is 7.35. The molecule has 2 heterocycles. The van der Waals surface area contributed by atoms with Crippen LogP contribution in [0.5, 0.6) is 0 Å². The minimum absolute atomic E-state index is 0.00158. The highest BCUT2D eigenvalue weighted by molar-refractivity contribution is 7.91. The molecule has 0 N–H and O–H groups in total. The van der Waals surface area contributed by atoms with Crippen molar-refractivity contribution in [3.63, 3.8) is 0 Å². The van der Waals surface area contributed by atoms with E-state index in [2.05, 4.69) is 9.80 Å². The van der Waals surface area contributed by atoms with Crippen molar-refractivity contribution < 1.29 is 13.2 Å². The normalized spacial score (nSPS) is 24.4. The molecule has 8 heteroatoms. The van der Waals surface area contributed by atoms with Gasteiger partial charge in [0.2, 0.25) is 5.91 Å². The molecule has 0 bridgehead atoms. The van der Waals surface area contributed by atoms with Crippen molar-refractivity contribution >= 4 is 33.0 Å². The van der Waals surface area contributed by atoms with Crippen LogP contribution < -0.4 is 4.90 Å². The number of nitrogens with zero attached hydrogens (tertiary/aromatic N) is 3. The summed E-state index contributed by atoms with van der Waals surface area (Å²) in [5, 5.41) is 0.743. The number of sulfone groups is 1. The molecular weight excluding hydrogens is 374 g/mol.